The van der Waals surface area contributed by atoms with Crippen molar-refractivity contribution in [2.45, 2.75) is 31.4 Å². The van der Waals surface area contributed by atoms with Crippen LogP contribution in [0.25, 0.3) is 0 Å². The molecule has 8 heteroatoms. The third-order valence-corrected chi connectivity index (χ3v) is 5.88. The second-order valence-corrected chi connectivity index (χ2v) is 7.39. The monoisotopic (exact) mass is 300 g/mol. The lowest BCUT2D eigenvalue weighted by molar-refractivity contribution is 0.0697. The molecule has 0 aromatic carbocycles. The van der Waals surface area contributed by atoms with E-state index in [4.69, 9.17) is 5.26 Å². The van der Waals surface area contributed by atoms with Crippen molar-refractivity contribution in [2.24, 2.45) is 0 Å². The second-order valence-electron chi connectivity index (χ2n) is 4.29. The van der Waals surface area contributed by atoms with Crippen LogP contribution in [0.2, 0.25) is 0 Å². The van der Waals surface area contributed by atoms with Crippen molar-refractivity contribution in [2.75, 3.05) is 4.72 Å². The summed E-state index contributed by atoms with van der Waals surface area (Å²) in [5, 5.41) is 16.8. The number of nitriles is 1. The van der Waals surface area contributed by atoms with Gasteiger partial charge in [-0.05, 0) is 31.7 Å². The van der Waals surface area contributed by atoms with Crippen LogP contribution in [0.1, 0.15) is 34.1 Å². The number of nitrogens with zero attached hydrogens (tertiary/aromatic N) is 1. The second kappa shape index (κ2) is 4.83. The number of nitrogens with one attached hydrogen (secondary N) is 1. The summed E-state index contributed by atoms with van der Waals surface area (Å²) in [5.74, 6) is -1.14. The summed E-state index contributed by atoms with van der Waals surface area (Å²) in [5.41, 5.74) is 0.756. The topological polar surface area (TPSA) is 107 Å². The van der Waals surface area contributed by atoms with Crippen molar-refractivity contribution < 1.29 is 18.3 Å². The van der Waals surface area contributed by atoms with Crippen LogP contribution in [0.15, 0.2) is 0 Å². The molecule has 1 aromatic rings. The van der Waals surface area contributed by atoms with Gasteiger partial charge in [-0.25, -0.2) is 13.2 Å². The largest absolute Gasteiger partial charge is 0.478 e. The predicted octanol–water partition coefficient (Wildman–Crippen LogP) is 1.59. The molecule has 1 heterocycles. The van der Waals surface area contributed by atoms with E-state index in [1.54, 1.807) is 6.07 Å². The maximum Gasteiger partial charge on any atom is 0.339 e. The molecule has 0 radical (unpaired) electrons. The fourth-order valence-electron chi connectivity index (χ4n) is 1.99. The molecule has 2 rings (SSSR count). The average molecular weight is 300 g/mol. The highest BCUT2D eigenvalue weighted by Crippen LogP contribution is 2.39. The van der Waals surface area contributed by atoms with Crippen molar-refractivity contribution in [3.05, 3.63) is 16.0 Å². The Hall–Kier alpha value is -1.59. The third kappa shape index (κ3) is 2.43. The van der Waals surface area contributed by atoms with Gasteiger partial charge >= 0.3 is 5.97 Å². The van der Waals surface area contributed by atoms with Gasteiger partial charge in [0.15, 0.2) is 5.25 Å². The summed E-state index contributed by atoms with van der Waals surface area (Å²) in [6.07, 6.45) is 2.32. The minimum absolute atomic E-state index is 0.0335. The first-order chi connectivity index (χ1) is 8.86. The number of thiophene rings is 1. The fraction of sp³-hybridized carbons (Fsp3) is 0.455. The Morgan fingerprint density at radius 1 is 1.53 bits per heavy atom. The standard InChI is InChI=1S/C11H12N2O4S2/c1-6(5-12)19(16,17)13-10-9(11(14)15)7-3-2-4-8(7)18-10/h6,13H,2-4H2,1H3,(H,14,15). The quantitative estimate of drug-likeness (QED) is 0.878. The number of rotatable bonds is 4. The fourth-order valence-corrected chi connectivity index (χ4v) is 4.31. The van der Waals surface area contributed by atoms with Crippen LogP contribution < -0.4 is 4.72 Å². The summed E-state index contributed by atoms with van der Waals surface area (Å²) >= 11 is 1.15. The number of carboxylic acid groups (broad SMARTS) is 1. The number of hydrogen-bond acceptors (Lipinski definition) is 5. The highest BCUT2D eigenvalue weighted by atomic mass is 32.2. The summed E-state index contributed by atoms with van der Waals surface area (Å²) < 4.78 is 25.9. The maximum absolute atomic E-state index is 11.8. The molecule has 1 aliphatic rings. The van der Waals surface area contributed by atoms with Gasteiger partial charge in [0.25, 0.3) is 0 Å². The van der Waals surface area contributed by atoms with Gasteiger partial charge in [-0.2, -0.15) is 5.26 Å². The van der Waals surface area contributed by atoms with Crippen molar-refractivity contribution in [3.63, 3.8) is 0 Å². The van der Waals surface area contributed by atoms with Gasteiger partial charge in [-0.15, -0.1) is 11.3 Å². The summed E-state index contributed by atoms with van der Waals surface area (Å²) in [6, 6.07) is 1.63. The van der Waals surface area contributed by atoms with E-state index in [9.17, 15) is 18.3 Å². The molecule has 19 heavy (non-hydrogen) atoms. The van der Waals surface area contributed by atoms with E-state index < -0.39 is 21.2 Å². The highest BCUT2D eigenvalue weighted by Gasteiger charge is 2.30. The molecule has 1 unspecified atom stereocenters. The molecule has 2 N–H and O–H groups in total. The van der Waals surface area contributed by atoms with E-state index in [0.29, 0.717) is 6.42 Å². The van der Waals surface area contributed by atoms with Gasteiger partial charge in [-0.3, -0.25) is 4.72 Å². The summed E-state index contributed by atoms with van der Waals surface area (Å²) in [4.78, 5) is 12.2. The molecule has 1 aliphatic carbocycles. The molecule has 0 amide bonds. The number of fused-ring (bicyclic) bond motifs is 1. The molecule has 6 nitrogen and oxygen atoms in total. The van der Waals surface area contributed by atoms with Crippen molar-refractivity contribution in [1.29, 1.82) is 5.26 Å². The van der Waals surface area contributed by atoms with E-state index in [1.165, 1.54) is 6.92 Å². The van der Waals surface area contributed by atoms with Crippen LogP contribution in [-0.2, 0) is 22.9 Å². The zero-order valence-electron chi connectivity index (χ0n) is 10.1. The van der Waals surface area contributed by atoms with E-state index in [-0.39, 0.29) is 10.6 Å². The minimum atomic E-state index is -3.87. The summed E-state index contributed by atoms with van der Waals surface area (Å²) in [7, 11) is -3.87. The van der Waals surface area contributed by atoms with E-state index >= 15 is 0 Å². The van der Waals surface area contributed by atoms with Gasteiger partial charge in [0.1, 0.15) is 5.00 Å². The van der Waals surface area contributed by atoms with Crippen LogP contribution in [0.3, 0.4) is 0 Å². The number of aryl methyl sites for hydroxylation is 1. The Bertz CT molecular complexity index is 670. The van der Waals surface area contributed by atoms with Gasteiger partial charge in [-0.1, -0.05) is 0 Å². The Morgan fingerprint density at radius 2 is 2.21 bits per heavy atom. The first-order valence-corrected chi connectivity index (χ1v) is 8.02. The lowest BCUT2D eigenvalue weighted by Crippen LogP contribution is -2.24. The van der Waals surface area contributed by atoms with E-state index in [0.717, 1.165) is 34.6 Å². The van der Waals surface area contributed by atoms with Crippen molar-refractivity contribution in [3.8, 4) is 6.07 Å². The van der Waals surface area contributed by atoms with Crippen LogP contribution in [0.4, 0.5) is 5.00 Å². The zero-order chi connectivity index (χ0) is 14.2. The first kappa shape index (κ1) is 13.8. The number of anilines is 1. The van der Waals surface area contributed by atoms with Crippen LogP contribution in [-0.4, -0.2) is 24.7 Å². The lowest BCUT2D eigenvalue weighted by Gasteiger charge is -2.08. The molecular formula is C11H12N2O4S2. The lowest BCUT2D eigenvalue weighted by atomic mass is 10.1. The van der Waals surface area contributed by atoms with Gasteiger partial charge in [0.05, 0.1) is 11.6 Å². The van der Waals surface area contributed by atoms with Gasteiger partial charge in [0, 0.05) is 4.88 Å². The predicted molar refractivity (Wildman–Crippen MR) is 70.9 cm³/mol. The molecule has 0 spiro atoms. The number of sulfonamides is 1. The van der Waals surface area contributed by atoms with Gasteiger partial charge < -0.3 is 5.11 Å². The molecular weight excluding hydrogens is 288 g/mol. The number of carboxylic acids is 1. The minimum Gasteiger partial charge on any atom is -0.478 e. The average Bonchev–Trinajstić information content (AvgIpc) is 2.86. The first-order valence-electron chi connectivity index (χ1n) is 5.66. The Balaban J connectivity index is 2.43. The maximum atomic E-state index is 11.8. The van der Waals surface area contributed by atoms with Gasteiger partial charge in [0.2, 0.25) is 10.0 Å². The van der Waals surface area contributed by atoms with Crippen LogP contribution >= 0.6 is 11.3 Å². The number of aromatic carboxylic acids is 1. The Kier molecular flexibility index (Phi) is 3.52. The molecule has 1 atom stereocenters. The molecule has 0 fully saturated rings. The highest BCUT2D eigenvalue weighted by molar-refractivity contribution is 7.93. The number of hydrogen-bond donors (Lipinski definition) is 2. The zero-order valence-corrected chi connectivity index (χ0v) is 11.8. The van der Waals surface area contributed by atoms with Crippen molar-refractivity contribution >= 4 is 32.3 Å². The third-order valence-electron chi connectivity index (χ3n) is 3.02. The number of carbonyl (C=O) groups is 1. The van der Waals surface area contributed by atoms with Crippen LogP contribution in [0.5, 0.6) is 0 Å². The molecule has 0 saturated carbocycles. The summed E-state index contributed by atoms with van der Waals surface area (Å²) in [6.45, 7) is 1.25. The molecule has 0 saturated heterocycles. The van der Waals surface area contributed by atoms with Crippen LogP contribution in [0, 0.1) is 11.3 Å². The smallest absolute Gasteiger partial charge is 0.339 e. The Labute approximate surface area is 114 Å². The molecule has 0 aliphatic heterocycles. The molecule has 102 valence electrons. The molecule has 1 aromatic heterocycles. The van der Waals surface area contributed by atoms with E-state index in [1.807, 2.05) is 0 Å². The molecule has 0 bridgehead atoms. The Morgan fingerprint density at radius 3 is 2.79 bits per heavy atom. The van der Waals surface area contributed by atoms with Crippen molar-refractivity contribution in [1.82, 2.24) is 0 Å². The SMILES string of the molecule is CC(C#N)S(=O)(=O)Nc1sc2c(c1C(=O)O)CCC2. The normalized spacial score (nSPS) is 15.6. The van der Waals surface area contributed by atoms with E-state index in [2.05, 4.69) is 4.72 Å².